The summed E-state index contributed by atoms with van der Waals surface area (Å²) in [5.74, 6) is -0.455. The van der Waals surface area contributed by atoms with Crippen LogP contribution in [-0.2, 0) is 16.1 Å². The zero-order valence-electron chi connectivity index (χ0n) is 8.42. The normalized spacial score (nSPS) is 19.5. The molecule has 15 heavy (non-hydrogen) atoms. The summed E-state index contributed by atoms with van der Waals surface area (Å²) in [5, 5.41) is 3.84. The molecule has 0 fully saturated rings. The summed E-state index contributed by atoms with van der Waals surface area (Å²) in [6.07, 6.45) is 0. The Balaban J connectivity index is 2.40. The number of esters is 1. The maximum absolute atomic E-state index is 11.5. The lowest BCUT2D eigenvalue weighted by Crippen LogP contribution is -2.33. The van der Waals surface area contributed by atoms with E-state index in [1.54, 1.807) is 0 Å². The van der Waals surface area contributed by atoms with E-state index < -0.39 is 0 Å². The number of hydrogen-bond acceptors (Lipinski definition) is 3. The minimum absolute atomic E-state index is 0.217. The molecule has 2 rings (SSSR count). The first-order valence-corrected chi connectivity index (χ1v) is 5.17. The van der Waals surface area contributed by atoms with Crippen LogP contribution in [0.2, 0.25) is 5.02 Å². The first-order valence-electron chi connectivity index (χ1n) is 4.79. The fraction of sp³-hybridized carbons (Fsp3) is 0.364. The second-order valence-electron chi connectivity index (χ2n) is 3.55. The maximum atomic E-state index is 11.5. The van der Waals surface area contributed by atoms with Crippen LogP contribution in [0.3, 0.4) is 0 Å². The largest absolute Gasteiger partial charge is 0.469 e. The molecule has 4 heteroatoms. The van der Waals surface area contributed by atoms with Crippen molar-refractivity contribution in [2.75, 3.05) is 13.7 Å². The van der Waals surface area contributed by atoms with Crippen molar-refractivity contribution in [3.8, 4) is 0 Å². The maximum Gasteiger partial charge on any atom is 0.314 e. The third kappa shape index (κ3) is 1.98. The van der Waals surface area contributed by atoms with Crippen LogP contribution in [0, 0.1) is 0 Å². The van der Waals surface area contributed by atoms with Gasteiger partial charge in [-0.05, 0) is 23.3 Å². The Morgan fingerprint density at radius 3 is 3.13 bits per heavy atom. The van der Waals surface area contributed by atoms with E-state index in [2.05, 4.69) is 5.32 Å². The Morgan fingerprint density at radius 2 is 2.40 bits per heavy atom. The molecular formula is C11H12ClNO2. The molecule has 1 heterocycles. The van der Waals surface area contributed by atoms with Crippen LogP contribution < -0.4 is 5.32 Å². The molecule has 1 N–H and O–H groups in total. The smallest absolute Gasteiger partial charge is 0.314 e. The Kier molecular flexibility index (Phi) is 2.93. The molecule has 0 aromatic heterocycles. The van der Waals surface area contributed by atoms with E-state index in [-0.39, 0.29) is 11.9 Å². The van der Waals surface area contributed by atoms with E-state index in [9.17, 15) is 4.79 Å². The summed E-state index contributed by atoms with van der Waals surface area (Å²) in [7, 11) is 1.40. The van der Waals surface area contributed by atoms with E-state index in [0.29, 0.717) is 11.6 Å². The van der Waals surface area contributed by atoms with Crippen LogP contribution in [0.4, 0.5) is 0 Å². The standard InChI is InChI=1S/C11H12ClNO2/c1-15-11(14)10-6-13-5-7-2-3-8(12)4-9(7)10/h2-4,10,13H,5-6H2,1H3. The number of ether oxygens (including phenoxy) is 1. The average molecular weight is 226 g/mol. The molecule has 0 radical (unpaired) electrons. The number of methoxy groups -OCH3 is 1. The van der Waals surface area contributed by atoms with Gasteiger partial charge in [0.05, 0.1) is 13.0 Å². The van der Waals surface area contributed by atoms with Gasteiger partial charge in [-0.2, -0.15) is 0 Å². The van der Waals surface area contributed by atoms with Gasteiger partial charge < -0.3 is 10.1 Å². The van der Waals surface area contributed by atoms with Gasteiger partial charge in [0.25, 0.3) is 0 Å². The third-order valence-electron chi connectivity index (χ3n) is 2.63. The van der Waals surface area contributed by atoms with E-state index in [1.807, 2.05) is 18.2 Å². The average Bonchev–Trinajstić information content (AvgIpc) is 2.27. The molecule has 1 aromatic carbocycles. The van der Waals surface area contributed by atoms with Gasteiger partial charge in [-0.1, -0.05) is 17.7 Å². The number of nitrogens with one attached hydrogen (secondary N) is 1. The number of carbonyl (C=O) groups excluding carboxylic acids is 1. The fourth-order valence-electron chi connectivity index (χ4n) is 1.86. The first kappa shape index (κ1) is 10.5. The summed E-state index contributed by atoms with van der Waals surface area (Å²) >= 11 is 5.92. The summed E-state index contributed by atoms with van der Waals surface area (Å²) in [4.78, 5) is 11.5. The van der Waals surface area contributed by atoms with Crippen molar-refractivity contribution in [1.82, 2.24) is 5.32 Å². The lowest BCUT2D eigenvalue weighted by atomic mass is 9.91. The van der Waals surface area contributed by atoms with Crippen LogP contribution in [-0.4, -0.2) is 19.6 Å². The summed E-state index contributed by atoms with van der Waals surface area (Å²) < 4.78 is 4.76. The van der Waals surface area contributed by atoms with Gasteiger partial charge in [0.15, 0.2) is 0 Å². The van der Waals surface area contributed by atoms with Gasteiger partial charge in [-0.25, -0.2) is 0 Å². The lowest BCUT2D eigenvalue weighted by molar-refractivity contribution is -0.142. The van der Waals surface area contributed by atoms with Crippen molar-refractivity contribution in [3.63, 3.8) is 0 Å². The number of fused-ring (bicyclic) bond motifs is 1. The van der Waals surface area contributed by atoms with Gasteiger partial charge in [0, 0.05) is 18.1 Å². The molecular weight excluding hydrogens is 214 g/mol. The van der Waals surface area contributed by atoms with Crippen LogP contribution in [0.15, 0.2) is 18.2 Å². The van der Waals surface area contributed by atoms with E-state index >= 15 is 0 Å². The zero-order valence-corrected chi connectivity index (χ0v) is 9.17. The zero-order chi connectivity index (χ0) is 10.8. The molecule has 1 aliphatic heterocycles. The van der Waals surface area contributed by atoms with Gasteiger partial charge in [-0.3, -0.25) is 4.79 Å². The molecule has 0 aliphatic carbocycles. The molecule has 1 atom stereocenters. The topological polar surface area (TPSA) is 38.3 Å². The minimum Gasteiger partial charge on any atom is -0.469 e. The van der Waals surface area contributed by atoms with Crippen molar-refractivity contribution in [1.29, 1.82) is 0 Å². The molecule has 0 saturated carbocycles. The van der Waals surface area contributed by atoms with Crippen LogP contribution in [0.5, 0.6) is 0 Å². The van der Waals surface area contributed by atoms with Gasteiger partial charge in [-0.15, -0.1) is 0 Å². The Morgan fingerprint density at radius 1 is 1.60 bits per heavy atom. The highest BCUT2D eigenvalue weighted by Crippen LogP contribution is 2.27. The second kappa shape index (κ2) is 4.21. The highest BCUT2D eigenvalue weighted by atomic mass is 35.5. The SMILES string of the molecule is COC(=O)C1CNCc2ccc(Cl)cc21. The molecule has 0 saturated heterocycles. The molecule has 0 amide bonds. The number of benzene rings is 1. The Hall–Kier alpha value is -1.06. The van der Waals surface area contributed by atoms with Crippen LogP contribution >= 0.6 is 11.6 Å². The lowest BCUT2D eigenvalue weighted by Gasteiger charge is -2.24. The summed E-state index contributed by atoms with van der Waals surface area (Å²) in [5.41, 5.74) is 2.09. The monoisotopic (exact) mass is 225 g/mol. The molecule has 80 valence electrons. The summed E-state index contributed by atoms with van der Waals surface area (Å²) in [6.45, 7) is 1.39. The van der Waals surface area contributed by atoms with Crippen molar-refractivity contribution in [2.45, 2.75) is 12.5 Å². The van der Waals surface area contributed by atoms with Crippen molar-refractivity contribution in [2.24, 2.45) is 0 Å². The number of rotatable bonds is 1. The van der Waals surface area contributed by atoms with E-state index in [1.165, 1.54) is 7.11 Å². The molecule has 0 spiro atoms. The predicted molar refractivity (Wildman–Crippen MR) is 57.9 cm³/mol. The van der Waals surface area contributed by atoms with Crippen LogP contribution in [0.1, 0.15) is 17.0 Å². The summed E-state index contributed by atoms with van der Waals surface area (Å²) in [6, 6.07) is 5.63. The third-order valence-corrected chi connectivity index (χ3v) is 2.87. The van der Waals surface area contributed by atoms with Gasteiger partial charge >= 0.3 is 5.97 Å². The predicted octanol–water partition coefficient (Wildman–Crippen LogP) is 1.70. The second-order valence-corrected chi connectivity index (χ2v) is 3.99. The Bertz CT molecular complexity index is 392. The van der Waals surface area contributed by atoms with Gasteiger partial charge in [0.1, 0.15) is 0 Å². The van der Waals surface area contributed by atoms with E-state index in [4.69, 9.17) is 16.3 Å². The molecule has 3 nitrogen and oxygen atoms in total. The number of carbonyl (C=O) groups is 1. The van der Waals surface area contributed by atoms with Crippen molar-refractivity contribution in [3.05, 3.63) is 34.3 Å². The van der Waals surface area contributed by atoms with Crippen molar-refractivity contribution < 1.29 is 9.53 Å². The molecule has 1 aromatic rings. The van der Waals surface area contributed by atoms with Crippen molar-refractivity contribution >= 4 is 17.6 Å². The van der Waals surface area contributed by atoms with Crippen LogP contribution in [0.25, 0.3) is 0 Å². The number of halogens is 1. The quantitative estimate of drug-likeness (QED) is 0.740. The highest BCUT2D eigenvalue weighted by Gasteiger charge is 2.26. The minimum atomic E-state index is -0.238. The fourth-order valence-corrected chi connectivity index (χ4v) is 2.05. The first-order chi connectivity index (χ1) is 7.22. The molecule has 1 unspecified atom stereocenters. The van der Waals surface area contributed by atoms with E-state index in [0.717, 1.165) is 17.7 Å². The molecule has 1 aliphatic rings. The number of hydrogen-bond donors (Lipinski definition) is 1. The van der Waals surface area contributed by atoms with Gasteiger partial charge in [0.2, 0.25) is 0 Å². The highest BCUT2D eigenvalue weighted by molar-refractivity contribution is 6.30. The Labute approximate surface area is 93.4 Å². The molecule has 0 bridgehead atoms.